The lowest BCUT2D eigenvalue weighted by atomic mass is 10.1. The highest BCUT2D eigenvalue weighted by Gasteiger charge is 2.14. The van der Waals surface area contributed by atoms with Gasteiger partial charge in [-0.05, 0) is 49.4 Å². The summed E-state index contributed by atoms with van der Waals surface area (Å²) in [6, 6.07) is 16.4. The molecule has 0 aromatic heterocycles. The van der Waals surface area contributed by atoms with E-state index in [0.717, 1.165) is 44.0 Å². The number of likely N-dealkylation sites (N-methyl/N-ethyl adjacent to an activating group) is 1. The summed E-state index contributed by atoms with van der Waals surface area (Å²) >= 11 is 0. The Morgan fingerprint density at radius 1 is 1.00 bits per heavy atom. The van der Waals surface area contributed by atoms with E-state index in [1.807, 2.05) is 24.3 Å². The Labute approximate surface area is 162 Å². The summed E-state index contributed by atoms with van der Waals surface area (Å²) in [5.74, 6) is 0.0313. The number of nitrogens with zero attached hydrogens (tertiary/aromatic N) is 2. The van der Waals surface area contributed by atoms with Crippen molar-refractivity contribution in [2.24, 2.45) is 0 Å². The molecule has 2 aromatic carbocycles. The number of carbonyl (C=O) groups is 1. The van der Waals surface area contributed by atoms with E-state index in [0.29, 0.717) is 13.0 Å². The number of para-hydroxylation sites is 1. The van der Waals surface area contributed by atoms with Crippen LogP contribution in [0.4, 0.5) is 17.1 Å². The summed E-state index contributed by atoms with van der Waals surface area (Å²) < 4.78 is 0. The molecule has 1 saturated heterocycles. The minimum absolute atomic E-state index is 0.0313. The maximum Gasteiger partial charge on any atom is 0.226 e. The van der Waals surface area contributed by atoms with Gasteiger partial charge in [-0.15, -0.1) is 0 Å². The minimum Gasteiger partial charge on any atom is -0.384 e. The fourth-order valence-electron chi connectivity index (χ4n) is 3.36. The largest absolute Gasteiger partial charge is 0.384 e. The van der Waals surface area contributed by atoms with Crippen LogP contribution in [0.15, 0.2) is 48.5 Å². The van der Waals surface area contributed by atoms with Gasteiger partial charge in [0.15, 0.2) is 0 Å². The summed E-state index contributed by atoms with van der Waals surface area (Å²) in [6.45, 7) is 7.04. The van der Waals surface area contributed by atoms with E-state index in [1.54, 1.807) is 0 Å². The molecule has 0 radical (unpaired) electrons. The van der Waals surface area contributed by atoms with Gasteiger partial charge in [-0.1, -0.05) is 25.1 Å². The van der Waals surface area contributed by atoms with E-state index in [1.165, 1.54) is 11.3 Å². The van der Waals surface area contributed by atoms with Gasteiger partial charge in [0.2, 0.25) is 5.91 Å². The molecule has 5 heteroatoms. The van der Waals surface area contributed by atoms with Gasteiger partial charge in [-0.3, -0.25) is 4.79 Å². The van der Waals surface area contributed by atoms with Crippen molar-refractivity contribution in [1.82, 2.24) is 4.90 Å². The molecule has 0 unspecified atom stereocenters. The number of rotatable bonds is 7. The predicted octanol–water partition coefficient (Wildman–Crippen LogP) is 3.44. The summed E-state index contributed by atoms with van der Waals surface area (Å²) in [5, 5.41) is 6.35. The zero-order chi connectivity index (χ0) is 19.1. The minimum atomic E-state index is 0.0313. The van der Waals surface area contributed by atoms with E-state index >= 15 is 0 Å². The normalized spacial score (nSPS) is 14.8. The highest BCUT2D eigenvalue weighted by molar-refractivity contribution is 5.91. The highest BCUT2D eigenvalue weighted by Crippen LogP contribution is 2.19. The van der Waals surface area contributed by atoms with Gasteiger partial charge in [0, 0.05) is 56.2 Å². The molecule has 1 aliphatic rings. The van der Waals surface area contributed by atoms with Crippen LogP contribution in [-0.4, -0.2) is 50.6 Å². The van der Waals surface area contributed by atoms with Crippen molar-refractivity contribution < 1.29 is 4.79 Å². The Bertz CT molecular complexity index is 736. The summed E-state index contributed by atoms with van der Waals surface area (Å²) in [4.78, 5) is 16.9. The summed E-state index contributed by atoms with van der Waals surface area (Å²) in [5.41, 5.74) is 4.47. The first-order valence-corrected chi connectivity index (χ1v) is 9.81. The Morgan fingerprint density at radius 3 is 2.41 bits per heavy atom. The maximum atomic E-state index is 12.2. The smallest absolute Gasteiger partial charge is 0.226 e. The van der Waals surface area contributed by atoms with Crippen molar-refractivity contribution in [3.8, 4) is 0 Å². The van der Waals surface area contributed by atoms with Gasteiger partial charge in [-0.25, -0.2) is 0 Å². The summed E-state index contributed by atoms with van der Waals surface area (Å²) in [6.07, 6.45) is 1.42. The van der Waals surface area contributed by atoms with Crippen molar-refractivity contribution >= 4 is 23.0 Å². The molecule has 0 spiro atoms. The SMILES string of the molecule is CCc1ccccc1NCCC(=O)Nc1ccc(N2CCN(C)CC2)cc1. The lowest BCUT2D eigenvalue weighted by Gasteiger charge is -2.34. The fraction of sp³-hybridized carbons (Fsp3) is 0.409. The lowest BCUT2D eigenvalue weighted by Crippen LogP contribution is -2.44. The zero-order valence-electron chi connectivity index (χ0n) is 16.4. The first-order chi connectivity index (χ1) is 13.2. The number of anilines is 3. The molecular formula is C22H30N4O. The molecule has 5 nitrogen and oxygen atoms in total. The molecule has 1 heterocycles. The molecule has 0 bridgehead atoms. The van der Waals surface area contributed by atoms with Gasteiger partial charge < -0.3 is 20.4 Å². The molecule has 1 fully saturated rings. The Hall–Kier alpha value is -2.53. The van der Waals surface area contributed by atoms with E-state index in [9.17, 15) is 4.79 Å². The maximum absolute atomic E-state index is 12.2. The molecule has 0 atom stereocenters. The van der Waals surface area contributed by atoms with Gasteiger partial charge in [-0.2, -0.15) is 0 Å². The topological polar surface area (TPSA) is 47.6 Å². The lowest BCUT2D eigenvalue weighted by molar-refractivity contribution is -0.115. The first-order valence-electron chi connectivity index (χ1n) is 9.81. The van der Waals surface area contributed by atoms with E-state index in [4.69, 9.17) is 0 Å². The molecular weight excluding hydrogens is 336 g/mol. The van der Waals surface area contributed by atoms with E-state index in [-0.39, 0.29) is 5.91 Å². The molecule has 0 saturated carbocycles. The number of piperazine rings is 1. The monoisotopic (exact) mass is 366 g/mol. The fourth-order valence-corrected chi connectivity index (χ4v) is 3.36. The Kier molecular flexibility index (Phi) is 6.71. The van der Waals surface area contributed by atoms with Crippen LogP contribution in [0.25, 0.3) is 0 Å². The van der Waals surface area contributed by atoms with Crippen LogP contribution < -0.4 is 15.5 Å². The standard InChI is InChI=1S/C22H30N4O/c1-3-18-6-4-5-7-21(18)23-13-12-22(27)24-19-8-10-20(11-9-19)26-16-14-25(2)15-17-26/h4-11,23H,3,12-17H2,1-2H3,(H,24,27). The van der Waals surface area contributed by atoms with Crippen molar-refractivity contribution in [3.63, 3.8) is 0 Å². The van der Waals surface area contributed by atoms with Crippen molar-refractivity contribution in [3.05, 3.63) is 54.1 Å². The molecule has 1 amide bonds. The average Bonchev–Trinajstić information content (AvgIpc) is 2.69. The number of carbonyl (C=O) groups excluding carboxylic acids is 1. The second-order valence-corrected chi connectivity index (χ2v) is 7.07. The third kappa shape index (κ3) is 5.47. The van der Waals surface area contributed by atoms with Crippen molar-refractivity contribution in [2.75, 3.05) is 55.3 Å². The number of benzene rings is 2. The van der Waals surface area contributed by atoms with Crippen molar-refractivity contribution in [2.45, 2.75) is 19.8 Å². The predicted molar refractivity (Wildman–Crippen MR) is 114 cm³/mol. The van der Waals surface area contributed by atoms with Crippen LogP contribution in [-0.2, 0) is 11.2 Å². The van der Waals surface area contributed by atoms with Crippen LogP contribution in [0.5, 0.6) is 0 Å². The van der Waals surface area contributed by atoms with Crippen molar-refractivity contribution in [1.29, 1.82) is 0 Å². The van der Waals surface area contributed by atoms with E-state index < -0.39 is 0 Å². The van der Waals surface area contributed by atoms with Crippen LogP contribution >= 0.6 is 0 Å². The Balaban J connectivity index is 1.45. The van der Waals surface area contributed by atoms with E-state index in [2.05, 4.69) is 58.7 Å². The third-order valence-corrected chi connectivity index (χ3v) is 5.09. The molecule has 1 aliphatic heterocycles. The number of hydrogen-bond acceptors (Lipinski definition) is 4. The van der Waals surface area contributed by atoms with Crippen LogP contribution in [0, 0.1) is 0 Å². The quantitative estimate of drug-likeness (QED) is 0.788. The second-order valence-electron chi connectivity index (χ2n) is 7.07. The Morgan fingerprint density at radius 2 is 1.70 bits per heavy atom. The number of aryl methyl sites for hydroxylation is 1. The highest BCUT2D eigenvalue weighted by atomic mass is 16.1. The second kappa shape index (κ2) is 9.42. The molecule has 2 N–H and O–H groups in total. The van der Waals surface area contributed by atoms with Crippen LogP contribution in [0.2, 0.25) is 0 Å². The molecule has 144 valence electrons. The van der Waals surface area contributed by atoms with Gasteiger partial charge in [0.05, 0.1) is 0 Å². The molecule has 27 heavy (non-hydrogen) atoms. The molecule has 2 aromatic rings. The molecule has 3 rings (SSSR count). The van der Waals surface area contributed by atoms with Gasteiger partial charge in [0.25, 0.3) is 0 Å². The number of amides is 1. The third-order valence-electron chi connectivity index (χ3n) is 5.09. The summed E-state index contributed by atoms with van der Waals surface area (Å²) in [7, 11) is 2.16. The number of nitrogens with one attached hydrogen (secondary N) is 2. The van der Waals surface area contributed by atoms with Gasteiger partial charge >= 0.3 is 0 Å². The average molecular weight is 367 g/mol. The molecule has 0 aliphatic carbocycles. The van der Waals surface area contributed by atoms with Crippen LogP contribution in [0.3, 0.4) is 0 Å². The zero-order valence-corrected chi connectivity index (χ0v) is 16.4. The first kappa shape index (κ1) is 19.2. The number of hydrogen-bond donors (Lipinski definition) is 2. The van der Waals surface area contributed by atoms with Gasteiger partial charge in [0.1, 0.15) is 0 Å². The van der Waals surface area contributed by atoms with Crippen LogP contribution in [0.1, 0.15) is 18.9 Å².